The molecule has 0 saturated heterocycles. The number of halogens is 2. The number of thioether (sulfide) groups is 1. The van der Waals surface area contributed by atoms with E-state index in [-0.39, 0.29) is 28.4 Å². The Morgan fingerprint density at radius 1 is 1.38 bits per heavy atom. The first kappa shape index (κ1) is 16.6. The molecule has 0 saturated carbocycles. The summed E-state index contributed by atoms with van der Waals surface area (Å²) in [5.74, 6) is 0.782. The molecule has 9 heteroatoms. The molecule has 128 valence electrons. The third-order valence-electron chi connectivity index (χ3n) is 3.60. The standard InChI is InChI=1S/C15H15F2N3O3S/c1-7-12-13(24-6-11(21)18-14(12)20-19-7)8-3-4-9(23-15(16)17)10(5-8)22-2/h3-5,13,15H,6H2,1-2H3,(H2,18,19,20,21)/t13-/m1/s1. The molecule has 0 unspecified atom stereocenters. The van der Waals surface area contributed by atoms with Crippen LogP contribution in [0.4, 0.5) is 14.6 Å². The minimum Gasteiger partial charge on any atom is -0.493 e. The van der Waals surface area contributed by atoms with Gasteiger partial charge in [-0.1, -0.05) is 6.07 Å². The number of hydrogen-bond donors (Lipinski definition) is 2. The average Bonchev–Trinajstić information content (AvgIpc) is 2.79. The quantitative estimate of drug-likeness (QED) is 0.881. The maximum atomic E-state index is 12.5. The zero-order chi connectivity index (χ0) is 17.3. The maximum absolute atomic E-state index is 12.5. The van der Waals surface area contributed by atoms with Gasteiger partial charge in [0, 0.05) is 11.3 Å². The van der Waals surface area contributed by atoms with Crippen LogP contribution in [0.2, 0.25) is 0 Å². The third-order valence-corrected chi connectivity index (χ3v) is 4.87. The summed E-state index contributed by atoms with van der Waals surface area (Å²) in [5.41, 5.74) is 2.49. The zero-order valence-electron chi connectivity index (χ0n) is 12.9. The number of anilines is 1. The molecule has 1 aliphatic heterocycles. The number of rotatable bonds is 4. The van der Waals surface area contributed by atoms with Gasteiger partial charge in [0.2, 0.25) is 5.91 Å². The number of carbonyl (C=O) groups excluding carboxylic acids is 1. The van der Waals surface area contributed by atoms with Gasteiger partial charge >= 0.3 is 6.61 Å². The Kier molecular flexibility index (Phi) is 4.61. The largest absolute Gasteiger partial charge is 0.493 e. The summed E-state index contributed by atoms with van der Waals surface area (Å²) in [4.78, 5) is 11.8. The van der Waals surface area contributed by atoms with Crippen LogP contribution in [0.3, 0.4) is 0 Å². The Balaban J connectivity index is 2.02. The van der Waals surface area contributed by atoms with Crippen molar-refractivity contribution < 1.29 is 23.0 Å². The van der Waals surface area contributed by atoms with E-state index in [9.17, 15) is 13.6 Å². The summed E-state index contributed by atoms with van der Waals surface area (Å²) in [7, 11) is 1.39. The van der Waals surface area contributed by atoms with Gasteiger partial charge in [0.15, 0.2) is 17.3 Å². The first-order valence-corrected chi connectivity index (χ1v) is 8.13. The van der Waals surface area contributed by atoms with Gasteiger partial charge < -0.3 is 14.8 Å². The molecule has 0 radical (unpaired) electrons. The summed E-state index contributed by atoms with van der Waals surface area (Å²) in [6, 6.07) is 4.77. The van der Waals surface area contributed by atoms with Crippen LogP contribution in [0.1, 0.15) is 22.1 Å². The molecule has 0 aliphatic carbocycles. The number of hydrogen-bond acceptors (Lipinski definition) is 5. The number of ether oxygens (including phenoxy) is 2. The van der Waals surface area contributed by atoms with E-state index < -0.39 is 6.61 Å². The molecule has 1 atom stereocenters. The Morgan fingerprint density at radius 3 is 2.88 bits per heavy atom. The van der Waals surface area contributed by atoms with E-state index in [0.29, 0.717) is 5.82 Å². The summed E-state index contributed by atoms with van der Waals surface area (Å²) in [5, 5.41) is 9.54. The van der Waals surface area contributed by atoms with E-state index in [2.05, 4.69) is 20.3 Å². The van der Waals surface area contributed by atoms with Gasteiger partial charge in [0.1, 0.15) is 0 Å². The highest BCUT2D eigenvalue weighted by Crippen LogP contribution is 2.44. The van der Waals surface area contributed by atoms with Gasteiger partial charge in [-0.05, 0) is 24.6 Å². The van der Waals surface area contributed by atoms with Crippen molar-refractivity contribution in [1.82, 2.24) is 10.2 Å². The van der Waals surface area contributed by atoms with Crippen molar-refractivity contribution >= 4 is 23.5 Å². The predicted molar refractivity (Wildman–Crippen MR) is 85.9 cm³/mol. The normalized spacial score (nSPS) is 17.2. The van der Waals surface area contributed by atoms with Crippen LogP contribution in [0.5, 0.6) is 11.5 Å². The van der Waals surface area contributed by atoms with Crippen molar-refractivity contribution in [3.05, 3.63) is 35.0 Å². The number of amides is 1. The van der Waals surface area contributed by atoms with Crippen molar-refractivity contribution in [2.24, 2.45) is 0 Å². The number of fused-ring (bicyclic) bond motifs is 1. The van der Waals surface area contributed by atoms with Crippen molar-refractivity contribution in [3.63, 3.8) is 0 Å². The van der Waals surface area contributed by atoms with Gasteiger partial charge in [-0.25, -0.2) is 0 Å². The first-order chi connectivity index (χ1) is 11.5. The van der Waals surface area contributed by atoms with Gasteiger partial charge in [-0.3, -0.25) is 9.89 Å². The lowest BCUT2D eigenvalue weighted by atomic mass is 10.0. The molecule has 0 bridgehead atoms. The number of nitrogens with one attached hydrogen (secondary N) is 2. The van der Waals surface area contributed by atoms with E-state index in [0.717, 1.165) is 16.8 Å². The molecule has 0 spiro atoms. The first-order valence-electron chi connectivity index (χ1n) is 7.08. The highest BCUT2D eigenvalue weighted by Gasteiger charge is 2.29. The summed E-state index contributed by atoms with van der Waals surface area (Å²) in [6.45, 7) is -1.07. The number of alkyl halides is 2. The SMILES string of the molecule is COc1cc([C@H]2SCC(=O)Nc3n[nH]c(C)c32)ccc1OC(F)F. The zero-order valence-corrected chi connectivity index (χ0v) is 13.7. The van der Waals surface area contributed by atoms with Crippen LogP contribution in [-0.2, 0) is 4.79 Å². The number of aryl methyl sites for hydroxylation is 1. The lowest BCUT2D eigenvalue weighted by Gasteiger charge is -2.17. The minimum absolute atomic E-state index is 0.0341. The molecular formula is C15H15F2N3O3S. The lowest BCUT2D eigenvalue weighted by Crippen LogP contribution is -2.12. The van der Waals surface area contributed by atoms with Crippen LogP contribution in [0.15, 0.2) is 18.2 Å². The van der Waals surface area contributed by atoms with E-state index >= 15 is 0 Å². The molecule has 2 heterocycles. The molecule has 3 rings (SSSR count). The second-order valence-corrected chi connectivity index (χ2v) is 6.23. The van der Waals surface area contributed by atoms with Crippen LogP contribution in [0, 0.1) is 6.92 Å². The highest BCUT2D eigenvalue weighted by molar-refractivity contribution is 8.00. The molecule has 0 fully saturated rings. The smallest absolute Gasteiger partial charge is 0.387 e. The third kappa shape index (κ3) is 3.16. The minimum atomic E-state index is -2.93. The molecule has 24 heavy (non-hydrogen) atoms. The fourth-order valence-corrected chi connectivity index (χ4v) is 3.75. The predicted octanol–water partition coefficient (Wildman–Crippen LogP) is 3.10. The molecule has 1 aromatic heterocycles. The second kappa shape index (κ2) is 6.68. The molecular weight excluding hydrogens is 340 g/mol. The molecule has 1 amide bonds. The summed E-state index contributed by atoms with van der Waals surface area (Å²) in [6.07, 6.45) is 0. The van der Waals surface area contributed by atoms with E-state index in [1.54, 1.807) is 12.1 Å². The number of methoxy groups -OCH3 is 1. The van der Waals surface area contributed by atoms with Crippen LogP contribution in [0.25, 0.3) is 0 Å². The Bertz CT molecular complexity index is 766. The number of nitrogens with zero attached hydrogens (tertiary/aromatic N) is 1. The molecule has 1 aromatic carbocycles. The van der Waals surface area contributed by atoms with Crippen LogP contribution >= 0.6 is 11.8 Å². The number of aromatic nitrogens is 2. The Morgan fingerprint density at radius 2 is 2.17 bits per heavy atom. The number of aromatic amines is 1. The fourth-order valence-electron chi connectivity index (χ4n) is 2.57. The Labute approximate surface area is 140 Å². The number of H-pyrrole nitrogens is 1. The topological polar surface area (TPSA) is 76.2 Å². The lowest BCUT2D eigenvalue weighted by molar-refractivity contribution is -0.113. The van der Waals surface area contributed by atoms with E-state index in [1.165, 1.54) is 24.9 Å². The molecule has 1 aliphatic rings. The maximum Gasteiger partial charge on any atom is 0.387 e. The van der Waals surface area contributed by atoms with E-state index in [4.69, 9.17) is 4.74 Å². The molecule has 2 aromatic rings. The summed E-state index contributed by atoms with van der Waals surface area (Å²) >= 11 is 1.43. The molecule has 2 N–H and O–H groups in total. The van der Waals surface area contributed by atoms with Crippen molar-refractivity contribution in [3.8, 4) is 11.5 Å². The van der Waals surface area contributed by atoms with Gasteiger partial charge in [0.25, 0.3) is 0 Å². The number of carbonyl (C=O) groups is 1. The van der Waals surface area contributed by atoms with Crippen molar-refractivity contribution in [2.75, 3.05) is 18.2 Å². The second-order valence-electron chi connectivity index (χ2n) is 5.14. The average molecular weight is 355 g/mol. The van der Waals surface area contributed by atoms with Gasteiger partial charge in [-0.2, -0.15) is 13.9 Å². The highest BCUT2D eigenvalue weighted by atomic mass is 32.2. The fraction of sp³-hybridized carbons (Fsp3) is 0.333. The monoisotopic (exact) mass is 355 g/mol. The van der Waals surface area contributed by atoms with Gasteiger partial charge in [0.05, 0.1) is 18.1 Å². The van der Waals surface area contributed by atoms with Crippen molar-refractivity contribution in [2.45, 2.75) is 18.8 Å². The van der Waals surface area contributed by atoms with Crippen molar-refractivity contribution in [1.29, 1.82) is 0 Å². The Hall–Kier alpha value is -2.29. The number of benzene rings is 1. The van der Waals surface area contributed by atoms with Crippen LogP contribution in [-0.4, -0.2) is 35.6 Å². The van der Waals surface area contributed by atoms with E-state index in [1.807, 2.05) is 6.92 Å². The summed E-state index contributed by atoms with van der Waals surface area (Å²) < 4.78 is 34.5. The van der Waals surface area contributed by atoms with Crippen LogP contribution < -0.4 is 14.8 Å². The van der Waals surface area contributed by atoms with Gasteiger partial charge in [-0.15, -0.1) is 11.8 Å². The molecule has 6 nitrogen and oxygen atoms in total.